The van der Waals surface area contributed by atoms with Crippen molar-refractivity contribution in [1.82, 2.24) is 4.90 Å². The Hall–Kier alpha value is -1.06. The molecule has 1 aromatic carbocycles. The van der Waals surface area contributed by atoms with Gasteiger partial charge in [-0.15, -0.1) is 0 Å². The van der Waals surface area contributed by atoms with E-state index >= 15 is 0 Å². The van der Waals surface area contributed by atoms with Crippen molar-refractivity contribution in [3.8, 4) is 0 Å². The Balaban J connectivity index is 2.55. The number of halogens is 1. The van der Waals surface area contributed by atoms with Crippen molar-refractivity contribution < 1.29 is 4.79 Å². The van der Waals surface area contributed by atoms with Gasteiger partial charge in [0.15, 0.2) is 0 Å². The average Bonchev–Trinajstić information content (AvgIpc) is 2.50. The fourth-order valence-electron chi connectivity index (χ4n) is 2.48. The highest BCUT2D eigenvalue weighted by Gasteiger charge is 2.15. The zero-order valence-electron chi connectivity index (χ0n) is 13.1. The summed E-state index contributed by atoms with van der Waals surface area (Å²) in [6, 6.07) is 7.70. The van der Waals surface area contributed by atoms with Crippen molar-refractivity contribution in [1.29, 1.82) is 0 Å². The van der Waals surface area contributed by atoms with Gasteiger partial charge in [0.1, 0.15) is 0 Å². The molecule has 0 aliphatic carbocycles. The summed E-state index contributed by atoms with van der Waals surface area (Å²) >= 11 is 6.17. The topological polar surface area (TPSA) is 46.3 Å². The number of amides is 1. The summed E-state index contributed by atoms with van der Waals surface area (Å²) in [5, 5.41) is 0.721. The first kappa shape index (κ1) is 18.0. The minimum Gasteiger partial charge on any atom is -0.339 e. The summed E-state index contributed by atoms with van der Waals surface area (Å²) in [7, 11) is 0. The Kier molecular flexibility index (Phi) is 8.40. The highest BCUT2D eigenvalue weighted by molar-refractivity contribution is 6.31. The van der Waals surface area contributed by atoms with Gasteiger partial charge in [-0.1, -0.05) is 43.1 Å². The first-order valence-electron chi connectivity index (χ1n) is 7.83. The molecule has 0 heterocycles. The number of hydrogen-bond donors (Lipinski definition) is 1. The second kappa shape index (κ2) is 9.80. The Morgan fingerprint density at radius 3 is 2.57 bits per heavy atom. The van der Waals surface area contributed by atoms with E-state index in [1.807, 2.05) is 36.1 Å². The van der Waals surface area contributed by atoms with E-state index in [1.165, 1.54) is 0 Å². The van der Waals surface area contributed by atoms with Gasteiger partial charge < -0.3 is 10.6 Å². The smallest absolute Gasteiger partial charge is 0.222 e. The van der Waals surface area contributed by atoms with Crippen LogP contribution in [0.4, 0.5) is 0 Å². The summed E-state index contributed by atoms with van der Waals surface area (Å²) < 4.78 is 0. The molecule has 0 saturated heterocycles. The molecule has 118 valence electrons. The van der Waals surface area contributed by atoms with Crippen molar-refractivity contribution in [2.45, 2.75) is 46.1 Å². The molecule has 1 aromatic rings. The maximum atomic E-state index is 12.4. The molecule has 0 aromatic heterocycles. The van der Waals surface area contributed by atoms with Crippen LogP contribution in [0.25, 0.3) is 0 Å². The van der Waals surface area contributed by atoms with Crippen molar-refractivity contribution in [2.75, 3.05) is 13.1 Å². The van der Waals surface area contributed by atoms with Crippen molar-refractivity contribution >= 4 is 17.5 Å². The number of rotatable bonds is 9. The van der Waals surface area contributed by atoms with Gasteiger partial charge in [0, 0.05) is 24.5 Å². The molecule has 0 aliphatic rings. The molecule has 2 N–H and O–H groups in total. The first-order valence-corrected chi connectivity index (χ1v) is 8.21. The molecule has 4 heteroatoms. The normalized spacial score (nSPS) is 12.2. The number of hydrogen-bond acceptors (Lipinski definition) is 2. The molecule has 1 unspecified atom stereocenters. The van der Waals surface area contributed by atoms with Crippen LogP contribution >= 0.6 is 11.6 Å². The maximum absolute atomic E-state index is 12.4. The van der Waals surface area contributed by atoms with Gasteiger partial charge in [-0.25, -0.2) is 0 Å². The van der Waals surface area contributed by atoms with Gasteiger partial charge in [0.2, 0.25) is 5.91 Å². The second-order valence-electron chi connectivity index (χ2n) is 5.39. The second-order valence-corrected chi connectivity index (χ2v) is 5.80. The van der Waals surface area contributed by atoms with Crippen molar-refractivity contribution in [3.05, 3.63) is 34.9 Å². The third-order valence-corrected chi connectivity index (χ3v) is 4.34. The van der Waals surface area contributed by atoms with E-state index in [4.69, 9.17) is 17.3 Å². The molecular weight excluding hydrogens is 284 g/mol. The average molecular weight is 311 g/mol. The summed E-state index contributed by atoms with van der Waals surface area (Å²) in [5.41, 5.74) is 6.61. The van der Waals surface area contributed by atoms with E-state index in [1.54, 1.807) is 0 Å². The molecular formula is C17H27ClN2O. The summed E-state index contributed by atoms with van der Waals surface area (Å²) in [6.07, 6.45) is 3.60. The number of carbonyl (C=O) groups excluding carboxylic acids is 1. The SMILES string of the molecule is CCC(CCN)CCC(=O)N(CC)Cc1ccccc1Cl. The monoisotopic (exact) mass is 310 g/mol. The van der Waals surface area contributed by atoms with Crippen LogP contribution in [0.5, 0.6) is 0 Å². The molecule has 0 bridgehead atoms. The highest BCUT2D eigenvalue weighted by Crippen LogP contribution is 2.19. The lowest BCUT2D eigenvalue weighted by molar-refractivity contribution is -0.131. The molecule has 0 fully saturated rings. The molecule has 0 saturated carbocycles. The minimum absolute atomic E-state index is 0.202. The lowest BCUT2D eigenvalue weighted by Crippen LogP contribution is -2.30. The van der Waals surface area contributed by atoms with Crippen LogP contribution < -0.4 is 5.73 Å². The van der Waals surface area contributed by atoms with Crippen LogP contribution in [0.2, 0.25) is 5.02 Å². The summed E-state index contributed by atoms with van der Waals surface area (Å²) in [4.78, 5) is 14.2. The van der Waals surface area contributed by atoms with Crippen LogP contribution in [0.15, 0.2) is 24.3 Å². The summed E-state index contributed by atoms with van der Waals surface area (Å²) in [5.74, 6) is 0.755. The minimum atomic E-state index is 0.202. The molecule has 3 nitrogen and oxygen atoms in total. The van der Waals surface area contributed by atoms with Crippen LogP contribution in [-0.4, -0.2) is 23.9 Å². The number of nitrogens with zero attached hydrogens (tertiary/aromatic N) is 1. The Morgan fingerprint density at radius 1 is 1.29 bits per heavy atom. The lowest BCUT2D eigenvalue weighted by Gasteiger charge is -2.23. The largest absolute Gasteiger partial charge is 0.339 e. The molecule has 1 amide bonds. The quantitative estimate of drug-likeness (QED) is 0.753. The van der Waals surface area contributed by atoms with Gasteiger partial charge in [-0.3, -0.25) is 4.79 Å². The predicted octanol–water partition coefficient (Wildman–Crippen LogP) is 3.84. The first-order chi connectivity index (χ1) is 10.1. The van der Waals surface area contributed by atoms with Gasteiger partial charge in [0.05, 0.1) is 0 Å². The number of nitrogens with two attached hydrogens (primary N) is 1. The van der Waals surface area contributed by atoms with E-state index in [0.29, 0.717) is 32.0 Å². The highest BCUT2D eigenvalue weighted by atomic mass is 35.5. The molecule has 0 radical (unpaired) electrons. The zero-order valence-corrected chi connectivity index (χ0v) is 13.9. The molecule has 1 atom stereocenters. The Morgan fingerprint density at radius 2 is 2.00 bits per heavy atom. The Labute approximate surface area is 133 Å². The fourth-order valence-corrected chi connectivity index (χ4v) is 2.68. The molecule has 1 rings (SSSR count). The Bertz CT molecular complexity index is 437. The lowest BCUT2D eigenvalue weighted by atomic mass is 9.96. The fraction of sp³-hybridized carbons (Fsp3) is 0.588. The molecule has 21 heavy (non-hydrogen) atoms. The van der Waals surface area contributed by atoms with Gasteiger partial charge in [-0.05, 0) is 43.9 Å². The van der Waals surface area contributed by atoms with E-state index < -0.39 is 0 Å². The van der Waals surface area contributed by atoms with E-state index in [2.05, 4.69) is 6.92 Å². The maximum Gasteiger partial charge on any atom is 0.222 e. The van der Waals surface area contributed by atoms with Crippen LogP contribution in [0.3, 0.4) is 0 Å². The molecule has 0 spiro atoms. The zero-order chi connectivity index (χ0) is 15.7. The van der Waals surface area contributed by atoms with Gasteiger partial charge in [0.25, 0.3) is 0 Å². The van der Waals surface area contributed by atoms with Crippen LogP contribution in [-0.2, 0) is 11.3 Å². The third kappa shape index (κ3) is 6.06. The third-order valence-electron chi connectivity index (χ3n) is 3.97. The van der Waals surface area contributed by atoms with E-state index in [-0.39, 0.29) is 5.91 Å². The van der Waals surface area contributed by atoms with Crippen LogP contribution in [0, 0.1) is 5.92 Å². The van der Waals surface area contributed by atoms with Crippen molar-refractivity contribution in [3.63, 3.8) is 0 Å². The van der Waals surface area contributed by atoms with Gasteiger partial charge in [-0.2, -0.15) is 0 Å². The number of carbonyl (C=O) groups is 1. The van der Waals surface area contributed by atoms with E-state index in [0.717, 1.165) is 29.8 Å². The van der Waals surface area contributed by atoms with Crippen LogP contribution in [0.1, 0.15) is 45.1 Å². The summed E-state index contributed by atoms with van der Waals surface area (Å²) in [6.45, 7) is 6.16. The number of benzene rings is 1. The predicted molar refractivity (Wildman–Crippen MR) is 89.2 cm³/mol. The van der Waals surface area contributed by atoms with E-state index in [9.17, 15) is 4.79 Å². The molecule has 0 aliphatic heterocycles. The van der Waals surface area contributed by atoms with Gasteiger partial charge >= 0.3 is 0 Å². The van der Waals surface area contributed by atoms with Crippen molar-refractivity contribution in [2.24, 2.45) is 11.7 Å². The standard InChI is InChI=1S/C17H27ClN2O/c1-3-14(11-12-19)9-10-17(21)20(4-2)13-15-7-5-6-8-16(15)18/h5-8,14H,3-4,9-13,19H2,1-2H3.